The van der Waals surface area contributed by atoms with Crippen molar-refractivity contribution in [3.05, 3.63) is 82.8 Å². The van der Waals surface area contributed by atoms with Crippen LogP contribution < -0.4 is 10.9 Å². The number of fused-ring (bicyclic) bond motifs is 2. The van der Waals surface area contributed by atoms with Crippen LogP contribution in [0.5, 0.6) is 0 Å². The fraction of sp³-hybridized carbons (Fsp3) is 0.130. The van der Waals surface area contributed by atoms with Crippen LogP contribution in [0.3, 0.4) is 0 Å². The van der Waals surface area contributed by atoms with Gasteiger partial charge in [0.2, 0.25) is 5.91 Å². The predicted octanol–water partition coefficient (Wildman–Crippen LogP) is 4.90. The fourth-order valence-electron chi connectivity index (χ4n) is 3.21. The van der Waals surface area contributed by atoms with Gasteiger partial charge in [0.25, 0.3) is 5.56 Å². The van der Waals surface area contributed by atoms with Crippen molar-refractivity contribution in [1.82, 2.24) is 14.5 Å². The maximum atomic E-state index is 13.0. The van der Waals surface area contributed by atoms with E-state index < -0.39 is 5.25 Å². The number of rotatable bonds is 6. The number of nitrogens with one attached hydrogen (secondary N) is 1. The molecular formula is C23H19ClN4O2S. The molecule has 0 fully saturated rings. The number of nitrogens with zero attached hydrogens (tertiary/aromatic N) is 3. The summed E-state index contributed by atoms with van der Waals surface area (Å²) >= 11 is 7.29. The molecule has 8 heteroatoms. The average Bonchev–Trinajstić information content (AvgIpc) is 2.76. The molecule has 4 rings (SSSR count). The predicted molar refractivity (Wildman–Crippen MR) is 127 cm³/mol. The zero-order valence-corrected chi connectivity index (χ0v) is 18.3. The quantitative estimate of drug-likeness (QED) is 0.257. The van der Waals surface area contributed by atoms with Gasteiger partial charge in [-0.25, -0.2) is 4.98 Å². The summed E-state index contributed by atoms with van der Waals surface area (Å²) in [7, 11) is 0. The number of amides is 1. The molecule has 1 amide bonds. The Bertz CT molecular complexity index is 1360. The molecule has 0 saturated heterocycles. The highest BCUT2D eigenvalue weighted by Crippen LogP contribution is 2.26. The molecule has 2 heterocycles. The van der Waals surface area contributed by atoms with Gasteiger partial charge in [-0.05, 0) is 49.4 Å². The Morgan fingerprint density at radius 1 is 1.23 bits per heavy atom. The lowest BCUT2D eigenvalue weighted by Crippen LogP contribution is -2.26. The van der Waals surface area contributed by atoms with Gasteiger partial charge < -0.3 is 5.32 Å². The first-order chi connectivity index (χ1) is 15.0. The SMILES string of the molecule is C=CCn1c(SC(C)C(=O)Nc2cccc3ncccc23)nc2cc(Cl)ccc2c1=O. The van der Waals surface area contributed by atoms with Crippen LogP contribution in [0.4, 0.5) is 5.69 Å². The molecule has 0 aliphatic carbocycles. The van der Waals surface area contributed by atoms with Gasteiger partial charge in [-0.2, -0.15) is 0 Å². The van der Waals surface area contributed by atoms with Gasteiger partial charge in [-0.1, -0.05) is 35.5 Å². The fourth-order valence-corrected chi connectivity index (χ4v) is 4.30. The van der Waals surface area contributed by atoms with Gasteiger partial charge in [-0.15, -0.1) is 6.58 Å². The lowest BCUT2D eigenvalue weighted by molar-refractivity contribution is -0.115. The number of hydrogen-bond acceptors (Lipinski definition) is 5. The number of anilines is 1. The van der Waals surface area contributed by atoms with Crippen molar-refractivity contribution in [1.29, 1.82) is 0 Å². The summed E-state index contributed by atoms with van der Waals surface area (Å²) in [6.45, 7) is 5.79. The number of aromatic nitrogens is 3. The smallest absolute Gasteiger partial charge is 0.262 e. The Hall–Kier alpha value is -3.16. The summed E-state index contributed by atoms with van der Waals surface area (Å²) in [6.07, 6.45) is 3.34. The molecule has 0 saturated carbocycles. The first-order valence-electron chi connectivity index (χ1n) is 9.60. The molecule has 31 heavy (non-hydrogen) atoms. The molecule has 0 aliphatic heterocycles. The maximum absolute atomic E-state index is 13.0. The summed E-state index contributed by atoms with van der Waals surface area (Å²) < 4.78 is 1.51. The third-order valence-corrected chi connectivity index (χ3v) is 6.07. The van der Waals surface area contributed by atoms with Crippen molar-refractivity contribution in [2.75, 3.05) is 5.32 Å². The minimum atomic E-state index is -0.508. The van der Waals surface area contributed by atoms with Crippen molar-refractivity contribution >= 4 is 56.8 Å². The van der Waals surface area contributed by atoms with Gasteiger partial charge in [0.05, 0.1) is 27.4 Å². The molecule has 1 N–H and O–H groups in total. The summed E-state index contributed by atoms with van der Waals surface area (Å²) in [5.41, 5.74) is 1.78. The van der Waals surface area contributed by atoms with Crippen LogP contribution in [0, 0.1) is 0 Å². The molecule has 4 aromatic rings. The summed E-state index contributed by atoms with van der Waals surface area (Å²) in [4.78, 5) is 34.8. The highest BCUT2D eigenvalue weighted by molar-refractivity contribution is 8.00. The molecule has 156 valence electrons. The Kier molecular flexibility index (Phi) is 6.06. The maximum Gasteiger partial charge on any atom is 0.262 e. The average molecular weight is 451 g/mol. The standard InChI is InChI=1S/C23H19ClN4O2S/c1-3-12-28-22(30)17-10-9-15(24)13-20(17)27-23(28)31-14(2)21(29)26-19-8-4-7-18-16(19)6-5-11-25-18/h3-11,13-14H,1,12H2,2H3,(H,26,29). The Morgan fingerprint density at radius 3 is 2.87 bits per heavy atom. The second-order valence-corrected chi connectivity index (χ2v) is 8.63. The van der Waals surface area contributed by atoms with E-state index >= 15 is 0 Å². The second kappa shape index (κ2) is 8.91. The van der Waals surface area contributed by atoms with Crippen LogP contribution in [0.1, 0.15) is 6.92 Å². The van der Waals surface area contributed by atoms with Crippen molar-refractivity contribution in [3.63, 3.8) is 0 Å². The molecule has 0 spiro atoms. The monoisotopic (exact) mass is 450 g/mol. The number of hydrogen-bond donors (Lipinski definition) is 1. The van der Waals surface area contributed by atoms with Crippen LogP contribution in [0.15, 0.2) is 77.3 Å². The molecule has 0 aliphatic rings. The van der Waals surface area contributed by atoms with Gasteiger partial charge in [-0.3, -0.25) is 19.1 Å². The van der Waals surface area contributed by atoms with E-state index in [1.807, 2.05) is 30.3 Å². The number of carbonyl (C=O) groups is 1. The highest BCUT2D eigenvalue weighted by atomic mass is 35.5. The lowest BCUT2D eigenvalue weighted by Gasteiger charge is -2.16. The van der Waals surface area contributed by atoms with Crippen molar-refractivity contribution in [2.24, 2.45) is 0 Å². The largest absolute Gasteiger partial charge is 0.324 e. The summed E-state index contributed by atoms with van der Waals surface area (Å²) in [5, 5.41) is 4.71. The number of carbonyl (C=O) groups excluding carboxylic acids is 1. The minimum absolute atomic E-state index is 0.197. The van der Waals surface area contributed by atoms with Crippen LogP contribution in [-0.2, 0) is 11.3 Å². The van der Waals surface area contributed by atoms with E-state index in [0.717, 1.165) is 10.9 Å². The van der Waals surface area contributed by atoms with Crippen molar-refractivity contribution in [2.45, 2.75) is 23.9 Å². The summed E-state index contributed by atoms with van der Waals surface area (Å²) in [6, 6.07) is 14.3. The normalized spacial score (nSPS) is 12.1. The molecule has 2 aromatic heterocycles. The number of thioether (sulfide) groups is 1. The van der Waals surface area contributed by atoms with E-state index in [0.29, 0.717) is 26.8 Å². The topological polar surface area (TPSA) is 76.9 Å². The first kappa shape index (κ1) is 21.1. The third kappa shape index (κ3) is 4.33. The van der Waals surface area contributed by atoms with E-state index in [1.165, 1.54) is 16.3 Å². The van der Waals surface area contributed by atoms with E-state index in [1.54, 1.807) is 37.4 Å². The zero-order chi connectivity index (χ0) is 22.0. The third-order valence-electron chi connectivity index (χ3n) is 4.75. The molecule has 6 nitrogen and oxygen atoms in total. The van der Waals surface area contributed by atoms with Crippen molar-refractivity contribution in [3.8, 4) is 0 Å². The van der Waals surface area contributed by atoms with E-state index in [4.69, 9.17) is 11.6 Å². The number of halogens is 1. The van der Waals surface area contributed by atoms with Crippen LogP contribution in [0.25, 0.3) is 21.8 Å². The molecule has 0 radical (unpaired) electrons. The van der Waals surface area contributed by atoms with E-state index in [2.05, 4.69) is 21.9 Å². The molecule has 1 atom stereocenters. The number of allylic oxidation sites excluding steroid dienone is 1. The number of benzene rings is 2. The number of pyridine rings is 1. The van der Waals surface area contributed by atoms with Crippen LogP contribution in [-0.4, -0.2) is 25.7 Å². The first-order valence-corrected chi connectivity index (χ1v) is 10.9. The lowest BCUT2D eigenvalue weighted by atomic mass is 10.2. The van der Waals surface area contributed by atoms with E-state index in [9.17, 15) is 9.59 Å². The van der Waals surface area contributed by atoms with Crippen molar-refractivity contribution < 1.29 is 4.79 Å². The summed E-state index contributed by atoms with van der Waals surface area (Å²) in [5.74, 6) is -0.202. The second-order valence-electron chi connectivity index (χ2n) is 6.89. The minimum Gasteiger partial charge on any atom is -0.324 e. The van der Waals surface area contributed by atoms with E-state index in [-0.39, 0.29) is 18.0 Å². The van der Waals surface area contributed by atoms with Gasteiger partial charge in [0.1, 0.15) is 0 Å². The Balaban J connectivity index is 1.64. The molecule has 1 unspecified atom stereocenters. The molecule has 2 aromatic carbocycles. The Morgan fingerprint density at radius 2 is 2.06 bits per heavy atom. The van der Waals surface area contributed by atoms with Crippen LogP contribution >= 0.6 is 23.4 Å². The Labute approximate surface area is 188 Å². The van der Waals surface area contributed by atoms with Crippen LogP contribution in [0.2, 0.25) is 5.02 Å². The molecular weight excluding hydrogens is 432 g/mol. The van der Waals surface area contributed by atoms with Gasteiger partial charge in [0, 0.05) is 23.2 Å². The molecule has 0 bridgehead atoms. The van der Waals surface area contributed by atoms with Gasteiger partial charge in [0.15, 0.2) is 5.16 Å². The zero-order valence-electron chi connectivity index (χ0n) is 16.7. The van der Waals surface area contributed by atoms with Gasteiger partial charge >= 0.3 is 0 Å². The highest BCUT2D eigenvalue weighted by Gasteiger charge is 2.20.